The zero-order valence-corrected chi connectivity index (χ0v) is 32.0. The minimum absolute atomic E-state index is 0.100. The molecule has 1 saturated carbocycles. The number of hydrazine groups is 1. The van der Waals surface area contributed by atoms with Crippen LogP contribution in [-0.2, 0) is 24.6 Å². The summed E-state index contributed by atoms with van der Waals surface area (Å²) in [6.45, 7) is -0.0618. The van der Waals surface area contributed by atoms with Crippen molar-refractivity contribution in [1.82, 2.24) is 5.01 Å². The number of hydrogen-bond acceptors (Lipinski definition) is 8. The Morgan fingerprint density at radius 2 is 1.57 bits per heavy atom. The smallest absolute Gasteiger partial charge is 0.260 e. The van der Waals surface area contributed by atoms with E-state index in [-0.39, 0.29) is 42.9 Å². The molecule has 54 heavy (non-hydrogen) atoms. The molecule has 0 unspecified atom stereocenters. The fraction of sp³-hybridized carbons (Fsp3) is 0.268. The molecule has 2 heterocycles. The van der Waals surface area contributed by atoms with Gasteiger partial charge in [0.2, 0.25) is 11.8 Å². The summed E-state index contributed by atoms with van der Waals surface area (Å²) in [4.78, 5) is 60.2. The Labute approximate surface area is 329 Å². The van der Waals surface area contributed by atoms with Gasteiger partial charge in [-0.05, 0) is 96.6 Å². The van der Waals surface area contributed by atoms with E-state index in [1.807, 2.05) is 30.3 Å². The first-order chi connectivity index (χ1) is 26.1. The van der Waals surface area contributed by atoms with E-state index in [4.69, 9.17) is 32.7 Å². The van der Waals surface area contributed by atoms with Crippen LogP contribution in [0, 0.1) is 23.7 Å². The predicted octanol–water partition coefficient (Wildman–Crippen LogP) is 7.33. The Bertz CT molecular complexity index is 2200. The van der Waals surface area contributed by atoms with Crippen LogP contribution in [-0.4, -0.2) is 54.1 Å². The van der Waals surface area contributed by atoms with Crippen LogP contribution < -0.4 is 19.8 Å². The van der Waals surface area contributed by atoms with Crippen molar-refractivity contribution in [2.45, 2.75) is 24.2 Å². The second kappa shape index (κ2) is 14.2. The third-order valence-corrected chi connectivity index (χ3v) is 12.3. The lowest BCUT2D eigenvalue weighted by Crippen LogP contribution is -2.53. The summed E-state index contributed by atoms with van der Waals surface area (Å²) < 4.78 is 12.0. The highest BCUT2D eigenvalue weighted by molar-refractivity contribution is 9.10. The molecule has 2 aliphatic heterocycles. The van der Waals surface area contributed by atoms with E-state index in [0.717, 1.165) is 20.6 Å². The van der Waals surface area contributed by atoms with Crippen molar-refractivity contribution in [2.75, 3.05) is 30.6 Å². The Morgan fingerprint density at radius 1 is 0.870 bits per heavy atom. The van der Waals surface area contributed by atoms with Gasteiger partial charge in [-0.25, -0.2) is 0 Å². The zero-order chi connectivity index (χ0) is 37.9. The highest BCUT2D eigenvalue weighted by atomic mass is 79.9. The molecule has 6 atom stereocenters. The molecule has 4 aromatic rings. The lowest BCUT2D eigenvalue weighted by atomic mass is 9.49. The molecule has 8 rings (SSSR count). The van der Waals surface area contributed by atoms with E-state index in [1.165, 1.54) is 11.0 Å². The van der Waals surface area contributed by atoms with Gasteiger partial charge in [-0.1, -0.05) is 75.0 Å². The maximum absolute atomic E-state index is 15.4. The van der Waals surface area contributed by atoms with Gasteiger partial charge in [0.1, 0.15) is 18.1 Å². The topological polar surface area (TPSA) is 125 Å². The molecule has 4 amide bonds. The number of nitrogens with one attached hydrogen (secondary N) is 1. The average molecular weight is 832 g/mol. The second-order valence-corrected chi connectivity index (χ2v) is 15.6. The van der Waals surface area contributed by atoms with Crippen molar-refractivity contribution in [3.05, 3.63) is 128 Å². The number of methoxy groups -OCH3 is 1. The minimum Gasteiger partial charge on any atom is -0.497 e. The number of amides is 4. The zero-order valence-electron chi connectivity index (χ0n) is 28.9. The van der Waals surface area contributed by atoms with E-state index in [9.17, 15) is 19.5 Å². The number of anilines is 2. The lowest BCUT2D eigenvalue weighted by molar-refractivity contribution is -0.138. The highest BCUT2D eigenvalue weighted by Crippen LogP contribution is 2.64. The fourth-order valence-electron chi connectivity index (χ4n) is 8.98. The SMILES string of the molecule is COc1ccc([C@@]23C(=O)N(Nc4ccc(Cl)cc4Cl)C(=O)[C@@H]2C[C@@H]2C(=CC[C@@H]4C(=O)N(c5ccc(Br)cc5)C(=O)[C@@H]42)[C@@H]3c2ccc(OCCO)cc2)cc1. The molecule has 0 spiro atoms. The Kier molecular flexibility index (Phi) is 9.54. The second-order valence-electron chi connectivity index (χ2n) is 13.8. The number of hydrogen-bond donors (Lipinski definition) is 2. The number of aliphatic hydroxyl groups is 1. The summed E-state index contributed by atoms with van der Waals surface area (Å²) in [6.07, 6.45) is 2.43. The number of carbonyl (C=O) groups excluding carboxylic acids is 4. The molecule has 4 aliphatic rings. The van der Waals surface area contributed by atoms with Gasteiger partial charge >= 0.3 is 0 Å². The van der Waals surface area contributed by atoms with Gasteiger partial charge in [0, 0.05) is 15.4 Å². The number of allylic oxidation sites excluding steroid dienone is 2. The first kappa shape index (κ1) is 36.3. The molecular weight excluding hydrogens is 797 g/mol. The normalized spacial score (nSPS) is 25.9. The number of imide groups is 2. The number of carbonyl (C=O) groups is 4. The van der Waals surface area contributed by atoms with Crippen molar-refractivity contribution in [3.63, 3.8) is 0 Å². The Hall–Kier alpha value is -4.68. The lowest BCUT2D eigenvalue weighted by Gasteiger charge is -2.50. The maximum atomic E-state index is 15.4. The summed E-state index contributed by atoms with van der Waals surface area (Å²) in [7, 11) is 1.55. The van der Waals surface area contributed by atoms with Crippen LogP contribution >= 0.6 is 39.1 Å². The summed E-state index contributed by atoms with van der Waals surface area (Å²) in [5.74, 6) is -4.13. The van der Waals surface area contributed by atoms with E-state index >= 15 is 4.79 Å². The number of fused-ring (bicyclic) bond motifs is 4. The van der Waals surface area contributed by atoms with Crippen LogP contribution in [0.5, 0.6) is 11.5 Å². The number of benzene rings is 4. The van der Waals surface area contributed by atoms with Gasteiger partial charge in [0.05, 0.1) is 53.3 Å². The fourth-order valence-corrected chi connectivity index (χ4v) is 9.70. The van der Waals surface area contributed by atoms with E-state index in [1.54, 1.807) is 67.8 Å². The van der Waals surface area contributed by atoms with E-state index < -0.39 is 46.8 Å². The molecule has 3 fully saturated rings. The van der Waals surface area contributed by atoms with Gasteiger partial charge in [-0.3, -0.25) is 29.5 Å². The van der Waals surface area contributed by atoms with Crippen molar-refractivity contribution in [3.8, 4) is 11.5 Å². The van der Waals surface area contributed by atoms with Gasteiger partial charge in [-0.2, -0.15) is 5.01 Å². The standard InChI is InChI=1S/C41H34BrCl2N3O7/c1-53-27-13-4-23(5-14-27)41-32(38(50)47(40(41)52)45-34-17-8-25(43)20-33(34)44)21-31-29(36(41)22-2-11-28(12-3-22)54-19-18-48)15-16-30-35(31)39(51)46(37(30)49)26-9-6-24(42)7-10-26/h2-15,17,20,30-32,35-36,45,48H,16,18-19,21H2,1H3/t30-,31+,32-,35-,36-,41+/m0/s1. The van der Waals surface area contributed by atoms with Crippen molar-refractivity contribution in [1.29, 1.82) is 0 Å². The number of rotatable bonds is 9. The van der Waals surface area contributed by atoms with Gasteiger partial charge in [-0.15, -0.1) is 0 Å². The van der Waals surface area contributed by atoms with Crippen LogP contribution in [0.15, 0.2) is 107 Å². The Morgan fingerprint density at radius 3 is 2.24 bits per heavy atom. The largest absolute Gasteiger partial charge is 0.497 e. The molecule has 0 radical (unpaired) electrons. The van der Waals surface area contributed by atoms with E-state index in [0.29, 0.717) is 33.5 Å². The van der Waals surface area contributed by atoms with Crippen molar-refractivity contribution >= 4 is 74.1 Å². The third kappa shape index (κ3) is 5.71. The van der Waals surface area contributed by atoms with Crippen LogP contribution in [0.4, 0.5) is 11.4 Å². The van der Waals surface area contributed by atoms with Crippen LogP contribution in [0.3, 0.4) is 0 Å². The van der Waals surface area contributed by atoms with Gasteiger partial charge in [0.25, 0.3) is 11.8 Å². The molecule has 13 heteroatoms. The summed E-state index contributed by atoms with van der Waals surface area (Å²) in [5.41, 5.74) is 4.44. The predicted molar refractivity (Wildman–Crippen MR) is 206 cm³/mol. The first-order valence-electron chi connectivity index (χ1n) is 17.5. The molecule has 2 saturated heterocycles. The van der Waals surface area contributed by atoms with Crippen molar-refractivity contribution in [2.24, 2.45) is 23.7 Å². The van der Waals surface area contributed by atoms with Gasteiger partial charge < -0.3 is 14.6 Å². The van der Waals surface area contributed by atoms with Gasteiger partial charge in [0.15, 0.2) is 0 Å². The average Bonchev–Trinajstić information content (AvgIpc) is 3.56. The summed E-state index contributed by atoms with van der Waals surface area (Å²) in [5, 5.41) is 11.0. The van der Waals surface area contributed by atoms with Crippen molar-refractivity contribution < 1.29 is 33.8 Å². The molecular formula is C41H34BrCl2N3O7. The minimum atomic E-state index is -1.49. The summed E-state index contributed by atoms with van der Waals surface area (Å²) >= 11 is 16.2. The molecule has 0 bridgehead atoms. The number of nitrogens with zero attached hydrogens (tertiary/aromatic N) is 2. The third-order valence-electron chi connectivity index (χ3n) is 11.2. The molecule has 276 valence electrons. The number of ether oxygens (including phenoxy) is 2. The quantitative estimate of drug-likeness (QED) is 0.133. The van der Waals surface area contributed by atoms with Crippen LogP contribution in [0.2, 0.25) is 10.0 Å². The maximum Gasteiger partial charge on any atom is 0.260 e. The van der Waals surface area contributed by atoms with Crippen LogP contribution in [0.1, 0.15) is 29.9 Å². The molecule has 10 nitrogen and oxygen atoms in total. The monoisotopic (exact) mass is 829 g/mol. The number of aliphatic hydroxyl groups excluding tert-OH is 1. The van der Waals surface area contributed by atoms with Crippen LogP contribution in [0.25, 0.3) is 0 Å². The van der Waals surface area contributed by atoms with E-state index in [2.05, 4.69) is 21.4 Å². The molecule has 2 aliphatic carbocycles. The summed E-state index contributed by atoms with van der Waals surface area (Å²) in [6, 6.07) is 26.2. The number of halogens is 3. The Balaban J connectivity index is 1.31. The molecule has 2 N–H and O–H groups in total. The highest BCUT2D eigenvalue weighted by Gasteiger charge is 2.70. The first-order valence-corrected chi connectivity index (χ1v) is 19.0. The molecule has 0 aromatic heterocycles. The molecule has 4 aromatic carbocycles.